The minimum Gasteiger partial charge on any atom is -0.460 e. The van der Waals surface area contributed by atoms with E-state index in [1.807, 2.05) is 30.3 Å². The summed E-state index contributed by atoms with van der Waals surface area (Å²) in [6, 6.07) is 11.8. The maximum atomic E-state index is 11.4. The quantitative estimate of drug-likeness (QED) is 0.831. The van der Waals surface area contributed by atoms with Crippen molar-refractivity contribution in [3.8, 4) is 11.3 Å². The van der Waals surface area contributed by atoms with Crippen molar-refractivity contribution < 1.29 is 13.9 Å². The third-order valence-corrected chi connectivity index (χ3v) is 6.86. The van der Waals surface area contributed by atoms with E-state index < -0.39 is 0 Å². The molecule has 148 valence electrons. The molecule has 2 bridgehead atoms. The highest BCUT2D eigenvalue weighted by molar-refractivity contribution is 6.30. The number of furan rings is 1. The van der Waals surface area contributed by atoms with Crippen molar-refractivity contribution in [2.75, 3.05) is 19.6 Å². The number of fused-ring (bicyclic) bond motifs is 1. The van der Waals surface area contributed by atoms with Crippen LogP contribution in [0.15, 0.2) is 40.8 Å². The van der Waals surface area contributed by atoms with Crippen LogP contribution in [-0.4, -0.2) is 42.1 Å². The van der Waals surface area contributed by atoms with Gasteiger partial charge in [-0.15, -0.1) is 0 Å². The molecule has 4 heterocycles. The number of hydrogen-bond donors (Lipinski definition) is 1. The van der Waals surface area contributed by atoms with Gasteiger partial charge in [0.2, 0.25) is 5.91 Å². The molecule has 0 saturated carbocycles. The fraction of sp³-hybridized carbons (Fsp3) is 0.500. The molecule has 28 heavy (non-hydrogen) atoms. The van der Waals surface area contributed by atoms with E-state index in [2.05, 4.69) is 16.3 Å². The van der Waals surface area contributed by atoms with Crippen LogP contribution >= 0.6 is 11.6 Å². The number of hydrogen-bond acceptors (Lipinski definition) is 4. The summed E-state index contributed by atoms with van der Waals surface area (Å²) in [4.78, 5) is 13.8. The number of halogens is 1. The Morgan fingerprint density at radius 1 is 1.29 bits per heavy atom. The van der Waals surface area contributed by atoms with Crippen LogP contribution in [0.2, 0.25) is 5.02 Å². The molecule has 2 aromatic rings. The lowest BCUT2D eigenvalue weighted by Gasteiger charge is -2.29. The molecule has 5 nitrogen and oxygen atoms in total. The first-order chi connectivity index (χ1) is 13.5. The molecule has 3 aliphatic heterocycles. The zero-order chi connectivity index (χ0) is 19.3. The van der Waals surface area contributed by atoms with E-state index in [-0.39, 0.29) is 11.5 Å². The molecule has 1 spiro atoms. The molecule has 3 fully saturated rings. The number of nitrogens with one attached hydrogen (secondary N) is 1. The first-order valence-electron chi connectivity index (χ1n) is 10.0. The predicted molar refractivity (Wildman–Crippen MR) is 107 cm³/mol. The predicted octanol–water partition coefficient (Wildman–Crippen LogP) is 3.72. The lowest BCUT2D eigenvalue weighted by molar-refractivity contribution is -0.119. The average Bonchev–Trinajstić information content (AvgIpc) is 3.41. The van der Waals surface area contributed by atoms with Crippen molar-refractivity contribution in [2.24, 2.45) is 11.8 Å². The third kappa shape index (κ3) is 3.15. The molecule has 0 aliphatic carbocycles. The molecule has 1 amide bonds. The molecule has 3 saturated heterocycles. The third-order valence-electron chi connectivity index (χ3n) is 6.61. The van der Waals surface area contributed by atoms with Gasteiger partial charge in [0.1, 0.15) is 11.5 Å². The molecule has 3 aliphatic rings. The van der Waals surface area contributed by atoms with Gasteiger partial charge in [0.05, 0.1) is 18.2 Å². The van der Waals surface area contributed by atoms with Crippen LogP contribution in [0.25, 0.3) is 11.3 Å². The Balaban J connectivity index is 1.27. The van der Waals surface area contributed by atoms with Crippen molar-refractivity contribution in [1.82, 2.24) is 10.2 Å². The molecular weight excluding hydrogens is 376 g/mol. The molecular formula is C22H25ClN2O3. The first-order valence-corrected chi connectivity index (χ1v) is 10.4. The Labute approximate surface area is 170 Å². The van der Waals surface area contributed by atoms with Gasteiger partial charge in [-0.2, -0.15) is 0 Å². The highest BCUT2D eigenvalue weighted by Gasteiger charge is 2.62. The van der Waals surface area contributed by atoms with Crippen LogP contribution in [0.3, 0.4) is 0 Å². The molecule has 0 unspecified atom stereocenters. The second kappa shape index (κ2) is 6.90. The number of nitrogens with zero attached hydrogens (tertiary/aromatic N) is 1. The molecule has 1 aromatic carbocycles. The zero-order valence-electron chi connectivity index (χ0n) is 16.0. The molecule has 1 aromatic heterocycles. The van der Waals surface area contributed by atoms with Crippen molar-refractivity contribution >= 4 is 17.5 Å². The van der Waals surface area contributed by atoms with E-state index in [1.165, 1.54) is 0 Å². The van der Waals surface area contributed by atoms with E-state index >= 15 is 0 Å². The van der Waals surface area contributed by atoms with Gasteiger partial charge in [-0.05, 0) is 49.2 Å². The second-order valence-corrected chi connectivity index (χ2v) is 8.85. The Hall–Kier alpha value is -1.82. The molecule has 0 radical (unpaired) electrons. The number of benzene rings is 1. The number of rotatable bonds is 5. The number of ether oxygens (including phenoxy) is 1. The first kappa shape index (κ1) is 18.2. The molecule has 4 atom stereocenters. The normalized spacial score (nSPS) is 31.3. The summed E-state index contributed by atoms with van der Waals surface area (Å²) in [6.45, 7) is 5.04. The monoisotopic (exact) mass is 400 g/mol. The lowest BCUT2D eigenvalue weighted by atomic mass is 9.73. The number of amides is 1. The van der Waals surface area contributed by atoms with E-state index in [1.54, 1.807) is 6.92 Å². The minimum absolute atomic E-state index is 0.0284. The second-order valence-electron chi connectivity index (χ2n) is 8.41. The summed E-state index contributed by atoms with van der Waals surface area (Å²) in [5, 5.41) is 3.73. The van der Waals surface area contributed by atoms with Crippen LogP contribution in [0.1, 0.15) is 25.5 Å². The highest BCUT2D eigenvalue weighted by atomic mass is 35.5. The smallest absolute Gasteiger partial charge is 0.216 e. The van der Waals surface area contributed by atoms with Gasteiger partial charge >= 0.3 is 0 Å². The summed E-state index contributed by atoms with van der Waals surface area (Å²) in [7, 11) is 0. The fourth-order valence-corrected chi connectivity index (χ4v) is 5.52. The Bertz CT molecular complexity index is 880. The number of likely N-dealkylation sites (tertiary alicyclic amines) is 1. The Kier molecular flexibility index (Phi) is 4.49. The Morgan fingerprint density at radius 3 is 2.89 bits per heavy atom. The summed E-state index contributed by atoms with van der Waals surface area (Å²) in [5.74, 6) is 2.78. The van der Waals surface area contributed by atoms with E-state index in [0.29, 0.717) is 17.9 Å². The number of carbonyl (C=O) groups excluding carboxylic acids is 1. The van der Waals surface area contributed by atoms with Crippen molar-refractivity contribution in [2.45, 2.75) is 38.0 Å². The van der Waals surface area contributed by atoms with Gasteiger partial charge in [0.15, 0.2) is 0 Å². The van der Waals surface area contributed by atoms with Crippen LogP contribution in [0, 0.1) is 11.8 Å². The maximum Gasteiger partial charge on any atom is 0.216 e. The lowest BCUT2D eigenvalue weighted by Crippen LogP contribution is -2.41. The minimum atomic E-state index is -0.0284. The van der Waals surface area contributed by atoms with Crippen molar-refractivity contribution in [3.63, 3.8) is 0 Å². The van der Waals surface area contributed by atoms with Gasteiger partial charge in [-0.1, -0.05) is 11.6 Å². The Morgan fingerprint density at radius 2 is 2.11 bits per heavy atom. The molecule has 1 N–H and O–H groups in total. The van der Waals surface area contributed by atoms with Crippen LogP contribution in [0.5, 0.6) is 0 Å². The highest BCUT2D eigenvalue weighted by Crippen LogP contribution is 2.54. The molecule has 6 heteroatoms. The average molecular weight is 401 g/mol. The summed E-state index contributed by atoms with van der Waals surface area (Å²) in [5.41, 5.74) is 1.00. The molecule has 5 rings (SSSR count). The zero-order valence-corrected chi connectivity index (χ0v) is 16.7. The van der Waals surface area contributed by atoms with Crippen molar-refractivity contribution in [3.05, 3.63) is 47.2 Å². The summed E-state index contributed by atoms with van der Waals surface area (Å²) in [6.07, 6.45) is 2.54. The van der Waals surface area contributed by atoms with Gasteiger partial charge in [-0.25, -0.2) is 0 Å². The van der Waals surface area contributed by atoms with Crippen LogP contribution in [-0.2, 0) is 16.1 Å². The van der Waals surface area contributed by atoms with Crippen molar-refractivity contribution in [1.29, 1.82) is 0 Å². The van der Waals surface area contributed by atoms with Gasteiger partial charge < -0.3 is 14.5 Å². The standard InChI is InChI=1S/C22H25ClN2O3/c1-14(26)24-10-18-19-12-25(13-22(19)9-8-21(18)28-22)11-17-6-7-20(27-17)15-2-4-16(23)5-3-15/h2-7,18-19,21H,8-13H2,1H3,(H,24,26)/t18-,19+,21+,22+/m0/s1. The topological polar surface area (TPSA) is 54.7 Å². The summed E-state index contributed by atoms with van der Waals surface area (Å²) >= 11 is 5.97. The van der Waals surface area contributed by atoms with Gasteiger partial charge in [0, 0.05) is 49.0 Å². The van der Waals surface area contributed by atoms with Gasteiger partial charge in [0.25, 0.3) is 0 Å². The maximum absolute atomic E-state index is 11.4. The summed E-state index contributed by atoms with van der Waals surface area (Å²) < 4.78 is 12.5. The fourth-order valence-electron chi connectivity index (χ4n) is 5.39. The van der Waals surface area contributed by atoms with E-state index in [4.69, 9.17) is 20.8 Å². The van der Waals surface area contributed by atoms with E-state index in [9.17, 15) is 4.79 Å². The van der Waals surface area contributed by atoms with Crippen LogP contribution < -0.4 is 5.32 Å². The largest absolute Gasteiger partial charge is 0.460 e. The number of carbonyl (C=O) groups is 1. The van der Waals surface area contributed by atoms with Gasteiger partial charge in [-0.3, -0.25) is 9.69 Å². The van der Waals surface area contributed by atoms with E-state index in [0.717, 1.165) is 61.1 Å². The SMILES string of the molecule is CC(=O)NC[C@H]1[C@H]2CN(Cc3ccc(-c4ccc(Cl)cc4)o3)C[C@]23CC[C@H]1O3. The van der Waals surface area contributed by atoms with Crippen LogP contribution in [0.4, 0.5) is 0 Å².